The molecule has 1 aliphatic heterocycles. The Kier molecular flexibility index (Phi) is 6.86. The minimum Gasteiger partial charge on any atom is -0.322 e. The minimum atomic E-state index is -1.63. The topological polar surface area (TPSA) is 66.5 Å². The molecular formula is C27H17Cl3N2O3S. The van der Waals surface area contributed by atoms with Crippen molar-refractivity contribution < 1.29 is 13.8 Å². The molecule has 0 fully saturated rings. The Labute approximate surface area is 225 Å². The predicted octanol–water partition coefficient (Wildman–Crippen LogP) is 7.23. The molecule has 0 radical (unpaired) electrons. The zero-order valence-corrected chi connectivity index (χ0v) is 21.6. The van der Waals surface area contributed by atoms with E-state index in [9.17, 15) is 13.8 Å². The quantitative estimate of drug-likeness (QED) is 0.289. The van der Waals surface area contributed by atoms with E-state index in [2.05, 4.69) is 5.32 Å². The number of hydrogen-bond donors (Lipinski definition) is 1. The van der Waals surface area contributed by atoms with Crippen molar-refractivity contribution >= 4 is 68.8 Å². The fourth-order valence-corrected chi connectivity index (χ4v) is 5.81. The van der Waals surface area contributed by atoms with Gasteiger partial charge in [-0.2, -0.15) is 0 Å². The third kappa shape index (κ3) is 4.77. The average Bonchev–Trinajstić information content (AvgIpc) is 2.96. The van der Waals surface area contributed by atoms with Crippen LogP contribution < -0.4 is 10.2 Å². The van der Waals surface area contributed by atoms with Crippen LogP contribution in [0.4, 0.5) is 11.4 Å². The van der Waals surface area contributed by atoms with Gasteiger partial charge in [0.2, 0.25) is 0 Å². The molecule has 1 N–H and O–H groups in total. The molecule has 36 heavy (non-hydrogen) atoms. The van der Waals surface area contributed by atoms with E-state index >= 15 is 0 Å². The molecule has 0 spiro atoms. The minimum absolute atomic E-state index is 0.176. The smallest absolute Gasteiger partial charge is 0.259 e. The van der Waals surface area contributed by atoms with Gasteiger partial charge in [-0.15, -0.1) is 0 Å². The summed E-state index contributed by atoms with van der Waals surface area (Å²) in [5, 5.41) is 4.00. The van der Waals surface area contributed by atoms with Crippen molar-refractivity contribution in [3.05, 3.63) is 117 Å². The molecule has 5 nitrogen and oxygen atoms in total. The number of rotatable bonds is 4. The van der Waals surface area contributed by atoms with Crippen LogP contribution in [0.1, 0.15) is 26.3 Å². The summed E-state index contributed by atoms with van der Waals surface area (Å²) in [6.45, 7) is 0.176. The lowest BCUT2D eigenvalue weighted by molar-refractivity contribution is 0.0979. The Hall–Kier alpha value is -3.16. The van der Waals surface area contributed by atoms with Gasteiger partial charge in [0.1, 0.15) is 0 Å². The zero-order chi connectivity index (χ0) is 25.4. The molecule has 2 amide bonds. The van der Waals surface area contributed by atoms with Crippen LogP contribution in [0.2, 0.25) is 15.1 Å². The predicted molar refractivity (Wildman–Crippen MR) is 144 cm³/mol. The normalized spacial score (nSPS) is 14.6. The number of benzene rings is 4. The Morgan fingerprint density at radius 1 is 0.833 bits per heavy atom. The van der Waals surface area contributed by atoms with Gasteiger partial charge in [0.15, 0.2) is 0 Å². The number of nitrogens with zero attached hydrogens (tertiary/aromatic N) is 1. The molecular weight excluding hydrogens is 539 g/mol. The summed E-state index contributed by atoms with van der Waals surface area (Å²) >= 11 is 18.2. The molecule has 1 atom stereocenters. The van der Waals surface area contributed by atoms with Gasteiger partial charge in [0, 0.05) is 16.3 Å². The highest BCUT2D eigenvalue weighted by Gasteiger charge is 2.31. The Bertz CT molecular complexity index is 1560. The number of nitrogens with one attached hydrogen (secondary N) is 1. The van der Waals surface area contributed by atoms with Crippen molar-refractivity contribution in [2.45, 2.75) is 16.3 Å². The lowest BCUT2D eigenvalue weighted by Gasteiger charge is -2.24. The second-order valence-electron chi connectivity index (χ2n) is 8.05. The summed E-state index contributed by atoms with van der Waals surface area (Å²) in [7, 11) is -1.63. The van der Waals surface area contributed by atoms with E-state index in [4.69, 9.17) is 34.8 Å². The van der Waals surface area contributed by atoms with Gasteiger partial charge in [0.05, 0.1) is 48.4 Å². The molecule has 4 aromatic rings. The SMILES string of the molecule is O=C(Nc1ccc(Cl)c(Cl)c1)c1ccc2c(c1)N(Cc1cccc(Cl)c1)C(=O)c1ccccc1[S@]2=O. The monoisotopic (exact) mass is 554 g/mol. The first-order valence-electron chi connectivity index (χ1n) is 10.8. The van der Waals surface area contributed by atoms with E-state index < -0.39 is 16.7 Å². The van der Waals surface area contributed by atoms with Gasteiger partial charge in [0.25, 0.3) is 11.8 Å². The third-order valence-corrected chi connectivity index (χ3v) is 8.16. The highest BCUT2D eigenvalue weighted by atomic mass is 35.5. The third-order valence-electron chi connectivity index (χ3n) is 5.68. The van der Waals surface area contributed by atoms with Gasteiger partial charge < -0.3 is 10.2 Å². The summed E-state index contributed by atoms with van der Waals surface area (Å²) in [6, 6.07) is 23.5. The summed E-state index contributed by atoms with van der Waals surface area (Å²) in [5.41, 5.74) is 2.27. The fourth-order valence-electron chi connectivity index (χ4n) is 3.96. The number of anilines is 2. The molecule has 5 rings (SSSR count). The second kappa shape index (κ2) is 10.1. The molecule has 180 valence electrons. The Balaban J connectivity index is 1.59. The summed E-state index contributed by atoms with van der Waals surface area (Å²) in [6.07, 6.45) is 0. The van der Waals surface area contributed by atoms with Crippen molar-refractivity contribution in [2.24, 2.45) is 0 Å². The number of fused-ring (bicyclic) bond motifs is 2. The Morgan fingerprint density at radius 3 is 2.42 bits per heavy atom. The maximum Gasteiger partial charge on any atom is 0.259 e. The van der Waals surface area contributed by atoms with Crippen molar-refractivity contribution in [1.29, 1.82) is 0 Å². The molecule has 1 heterocycles. The van der Waals surface area contributed by atoms with Gasteiger partial charge in [-0.25, -0.2) is 4.21 Å². The second-order valence-corrected chi connectivity index (χ2v) is 10.7. The van der Waals surface area contributed by atoms with Crippen LogP contribution in [0, 0.1) is 0 Å². The van der Waals surface area contributed by atoms with Gasteiger partial charge in [-0.3, -0.25) is 9.59 Å². The number of amides is 2. The van der Waals surface area contributed by atoms with Crippen LogP contribution in [0.3, 0.4) is 0 Å². The molecule has 0 bridgehead atoms. The standard InChI is InChI=1S/C27H17Cl3N2O3S/c28-18-5-3-4-16(12-18)15-32-23-13-17(26(33)31-19-9-10-21(29)22(30)14-19)8-11-25(23)36(35)24-7-2-1-6-20(24)27(32)34/h1-14H,15H2,(H,31,33)/t36-/m1/s1. The highest BCUT2D eigenvalue weighted by molar-refractivity contribution is 7.85. The summed E-state index contributed by atoms with van der Waals surface area (Å²) in [4.78, 5) is 29.2. The number of carbonyl (C=O) groups is 2. The van der Waals surface area contributed by atoms with Gasteiger partial charge in [-0.1, -0.05) is 59.1 Å². The summed E-state index contributed by atoms with van der Waals surface area (Å²) < 4.78 is 13.6. The van der Waals surface area contributed by atoms with E-state index in [1.54, 1.807) is 78.9 Å². The van der Waals surface area contributed by atoms with Crippen molar-refractivity contribution in [2.75, 3.05) is 10.2 Å². The molecule has 4 aromatic carbocycles. The largest absolute Gasteiger partial charge is 0.322 e. The van der Waals surface area contributed by atoms with Gasteiger partial charge >= 0.3 is 0 Å². The summed E-state index contributed by atoms with van der Waals surface area (Å²) in [5.74, 6) is -0.737. The van der Waals surface area contributed by atoms with Crippen LogP contribution in [0.25, 0.3) is 0 Å². The van der Waals surface area contributed by atoms with E-state index in [1.807, 2.05) is 6.07 Å². The maximum absolute atomic E-state index is 13.7. The number of hydrogen-bond acceptors (Lipinski definition) is 3. The number of halogens is 3. The molecule has 0 aromatic heterocycles. The van der Waals surface area contributed by atoms with Crippen LogP contribution in [0.5, 0.6) is 0 Å². The van der Waals surface area contributed by atoms with E-state index in [-0.39, 0.29) is 18.0 Å². The fraction of sp³-hybridized carbons (Fsp3) is 0.0370. The van der Waals surface area contributed by atoms with E-state index in [0.717, 1.165) is 5.56 Å². The van der Waals surface area contributed by atoms with Crippen LogP contribution in [0.15, 0.2) is 94.7 Å². The molecule has 0 aliphatic carbocycles. The number of carbonyl (C=O) groups excluding carboxylic acids is 2. The van der Waals surface area contributed by atoms with Crippen molar-refractivity contribution in [3.63, 3.8) is 0 Å². The van der Waals surface area contributed by atoms with E-state index in [0.29, 0.717) is 41.8 Å². The van der Waals surface area contributed by atoms with E-state index in [1.165, 1.54) is 4.90 Å². The Morgan fingerprint density at radius 2 is 1.64 bits per heavy atom. The first kappa shape index (κ1) is 24.5. The van der Waals surface area contributed by atoms with Crippen LogP contribution in [-0.4, -0.2) is 16.0 Å². The van der Waals surface area contributed by atoms with Crippen LogP contribution in [-0.2, 0) is 17.3 Å². The maximum atomic E-state index is 13.7. The molecule has 1 aliphatic rings. The molecule has 9 heteroatoms. The van der Waals surface area contributed by atoms with Gasteiger partial charge in [-0.05, 0) is 66.2 Å². The van der Waals surface area contributed by atoms with Crippen molar-refractivity contribution in [3.8, 4) is 0 Å². The first-order valence-corrected chi connectivity index (χ1v) is 13.1. The zero-order valence-electron chi connectivity index (χ0n) is 18.5. The molecule has 0 saturated heterocycles. The lowest BCUT2D eigenvalue weighted by atomic mass is 10.1. The average molecular weight is 556 g/mol. The highest BCUT2D eigenvalue weighted by Crippen LogP contribution is 2.36. The molecule has 0 saturated carbocycles. The van der Waals surface area contributed by atoms with Crippen molar-refractivity contribution in [1.82, 2.24) is 0 Å². The first-order chi connectivity index (χ1) is 17.3. The lowest BCUT2D eigenvalue weighted by Crippen LogP contribution is -2.30. The molecule has 0 unspecified atom stereocenters. The van der Waals surface area contributed by atoms with Crippen LogP contribution >= 0.6 is 34.8 Å².